The van der Waals surface area contributed by atoms with Crippen LogP contribution in [-0.4, -0.2) is 19.3 Å². The van der Waals surface area contributed by atoms with E-state index in [-0.39, 0.29) is 22.4 Å². The summed E-state index contributed by atoms with van der Waals surface area (Å²) in [6, 6.07) is 10.5. The van der Waals surface area contributed by atoms with Crippen molar-refractivity contribution < 1.29 is 13.2 Å². The molecule has 142 valence electrons. The van der Waals surface area contributed by atoms with Crippen molar-refractivity contribution in [2.24, 2.45) is 0 Å². The second kappa shape index (κ2) is 6.22. The third kappa shape index (κ3) is 2.81. The maximum absolute atomic E-state index is 13.2. The summed E-state index contributed by atoms with van der Waals surface area (Å²) in [4.78, 5) is 17.0. The molecule has 0 bridgehead atoms. The van der Waals surface area contributed by atoms with Gasteiger partial charge in [0.15, 0.2) is 5.69 Å². The Morgan fingerprint density at radius 2 is 1.79 bits per heavy atom. The molecule has 0 radical (unpaired) electrons. The van der Waals surface area contributed by atoms with E-state index in [4.69, 9.17) is 5.73 Å². The molecule has 0 saturated heterocycles. The lowest BCUT2D eigenvalue weighted by Gasteiger charge is -2.16. The third-order valence-corrected chi connectivity index (χ3v) is 4.35. The standard InChI is InChI=1S/C19H14F3N5O/c1-11-3-5-12(6-4-11)27-17-13(7-8-14(25-17)19(20,21)22)15(23)16(18(27)28)26-10-2-9-24-26/h2-10H,23H2,1H3. The number of nitrogen functional groups attached to an aromatic ring is 1. The highest BCUT2D eigenvalue weighted by molar-refractivity contribution is 5.93. The Labute approximate surface area is 156 Å². The van der Waals surface area contributed by atoms with Crippen LogP contribution in [0.1, 0.15) is 11.3 Å². The number of rotatable bonds is 2. The van der Waals surface area contributed by atoms with Gasteiger partial charge in [0.25, 0.3) is 5.56 Å². The maximum Gasteiger partial charge on any atom is 0.433 e. The molecule has 2 N–H and O–H groups in total. The van der Waals surface area contributed by atoms with Crippen LogP contribution in [0.25, 0.3) is 22.4 Å². The smallest absolute Gasteiger partial charge is 0.396 e. The molecule has 0 aliphatic rings. The number of anilines is 1. The lowest BCUT2D eigenvalue weighted by molar-refractivity contribution is -0.141. The number of nitrogens with zero attached hydrogens (tertiary/aromatic N) is 4. The number of alkyl halides is 3. The molecule has 0 amide bonds. The van der Waals surface area contributed by atoms with Gasteiger partial charge >= 0.3 is 6.18 Å². The zero-order valence-corrected chi connectivity index (χ0v) is 14.6. The Hall–Kier alpha value is -3.62. The predicted octanol–water partition coefficient (Wildman–Crippen LogP) is 3.48. The molecule has 6 nitrogen and oxygen atoms in total. The second-order valence-corrected chi connectivity index (χ2v) is 6.25. The molecule has 0 unspecified atom stereocenters. The van der Waals surface area contributed by atoms with Gasteiger partial charge in [0.2, 0.25) is 0 Å². The molecule has 0 saturated carbocycles. The van der Waals surface area contributed by atoms with Gasteiger partial charge in [-0.05, 0) is 37.3 Å². The van der Waals surface area contributed by atoms with Crippen LogP contribution in [0, 0.1) is 6.92 Å². The van der Waals surface area contributed by atoms with Crippen LogP contribution in [0.3, 0.4) is 0 Å². The molecule has 1 aromatic carbocycles. The first kappa shape index (κ1) is 17.8. The van der Waals surface area contributed by atoms with Crippen LogP contribution in [0.4, 0.5) is 18.9 Å². The third-order valence-electron chi connectivity index (χ3n) is 4.35. The van der Waals surface area contributed by atoms with E-state index in [0.29, 0.717) is 5.69 Å². The van der Waals surface area contributed by atoms with E-state index in [1.807, 2.05) is 6.92 Å². The van der Waals surface area contributed by atoms with Crippen molar-refractivity contribution in [3.05, 3.63) is 76.5 Å². The summed E-state index contributed by atoms with van der Waals surface area (Å²) in [5, 5.41) is 4.26. The van der Waals surface area contributed by atoms with Crippen LogP contribution < -0.4 is 11.3 Å². The van der Waals surface area contributed by atoms with Gasteiger partial charge in [0.05, 0.1) is 11.4 Å². The van der Waals surface area contributed by atoms with Crippen molar-refractivity contribution in [1.29, 1.82) is 0 Å². The average molecular weight is 385 g/mol. The summed E-state index contributed by atoms with van der Waals surface area (Å²) < 4.78 is 42.0. The minimum atomic E-state index is -4.65. The number of aromatic nitrogens is 4. The minimum Gasteiger partial charge on any atom is -0.396 e. The predicted molar refractivity (Wildman–Crippen MR) is 98.6 cm³/mol. The van der Waals surface area contributed by atoms with E-state index >= 15 is 0 Å². The molecule has 0 aliphatic heterocycles. The fourth-order valence-corrected chi connectivity index (χ4v) is 2.99. The second-order valence-electron chi connectivity index (χ2n) is 6.25. The monoisotopic (exact) mass is 385 g/mol. The number of benzene rings is 1. The van der Waals surface area contributed by atoms with E-state index in [1.54, 1.807) is 30.3 Å². The van der Waals surface area contributed by atoms with E-state index in [1.165, 1.54) is 23.1 Å². The summed E-state index contributed by atoms with van der Waals surface area (Å²) in [5.74, 6) is 0. The van der Waals surface area contributed by atoms with Gasteiger partial charge < -0.3 is 5.73 Å². The number of aryl methyl sites for hydroxylation is 1. The Morgan fingerprint density at radius 1 is 1.07 bits per heavy atom. The SMILES string of the molecule is Cc1ccc(-n2c(=O)c(-n3cccn3)c(N)c3ccc(C(F)(F)F)nc32)cc1. The highest BCUT2D eigenvalue weighted by Crippen LogP contribution is 2.32. The summed E-state index contributed by atoms with van der Waals surface area (Å²) in [5.41, 5.74) is 5.61. The molecule has 9 heteroatoms. The van der Waals surface area contributed by atoms with Gasteiger partial charge in [-0.15, -0.1) is 0 Å². The highest BCUT2D eigenvalue weighted by Gasteiger charge is 2.33. The molecule has 0 atom stereocenters. The van der Waals surface area contributed by atoms with Crippen LogP contribution in [0.2, 0.25) is 0 Å². The number of nitrogens with two attached hydrogens (primary N) is 1. The van der Waals surface area contributed by atoms with Gasteiger partial charge in [-0.25, -0.2) is 9.67 Å². The van der Waals surface area contributed by atoms with Crippen molar-refractivity contribution in [3.8, 4) is 11.4 Å². The van der Waals surface area contributed by atoms with Gasteiger partial charge in [-0.2, -0.15) is 18.3 Å². The normalized spacial score (nSPS) is 11.9. The molecule has 0 aliphatic carbocycles. The van der Waals surface area contributed by atoms with Crippen molar-refractivity contribution >= 4 is 16.7 Å². The topological polar surface area (TPSA) is 78.7 Å². The van der Waals surface area contributed by atoms with E-state index in [9.17, 15) is 18.0 Å². The first-order chi connectivity index (χ1) is 13.3. The highest BCUT2D eigenvalue weighted by atomic mass is 19.4. The molecule has 4 rings (SSSR count). The summed E-state index contributed by atoms with van der Waals surface area (Å²) >= 11 is 0. The van der Waals surface area contributed by atoms with Crippen molar-refractivity contribution in [3.63, 3.8) is 0 Å². The first-order valence-electron chi connectivity index (χ1n) is 8.27. The van der Waals surface area contributed by atoms with Crippen molar-refractivity contribution in [1.82, 2.24) is 19.3 Å². The summed E-state index contributed by atoms with van der Waals surface area (Å²) in [7, 11) is 0. The fraction of sp³-hybridized carbons (Fsp3) is 0.105. The molecule has 0 spiro atoms. The molecule has 28 heavy (non-hydrogen) atoms. The maximum atomic E-state index is 13.2. The van der Waals surface area contributed by atoms with E-state index in [0.717, 1.165) is 16.2 Å². The van der Waals surface area contributed by atoms with Crippen molar-refractivity contribution in [2.45, 2.75) is 13.1 Å². The van der Waals surface area contributed by atoms with Crippen LogP contribution in [-0.2, 0) is 6.18 Å². The molecular weight excluding hydrogens is 371 g/mol. The number of halogens is 3. The minimum absolute atomic E-state index is 0.00767. The van der Waals surface area contributed by atoms with Gasteiger partial charge in [-0.1, -0.05) is 17.7 Å². The Morgan fingerprint density at radius 3 is 2.39 bits per heavy atom. The number of hydrogen-bond acceptors (Lipinski definition) is 4. The van der Waals surface area contributed by atoms with Gasteiger partial charge in [0, 0.05) is 17.8 Å². The van der Waals surface area contributed by atoms with E-state index in [2.05, 4.69) is 10.1 Å². The van der Waals surface area contributed by atoms with Crippen LogP contribution in [0.15, 0.2) is 59.7 Å². The largest absolute Gasteiger partial charge is 0.433 e. The quantitative estimate of drug-likeness (QED) is 0.573. The summed E-state index contributed by atoms with van der Waals surface area (Å²) in [6.45, 7) is 1.86. The Bertz CT molecular complexity index is 1230. The van der Waals surface area contributed by atoms with Crippen LogP contribution >= 0.6 is 0 Å². The van der Waals surface area contributed by atoms with Gasteiger partial charge in [-0.3, -0.25) is 9.36 Å². The fourth-order valence-electron chi connectivity index (χ4n) is 2.99. The number of fused-ring (bicyclic) bond motifs is 1. The molecular formula is C19H14F3N5O. The van der Waals surface area contributed by atoms with Gasteiger partial charge in [0.1, 0.15) is 11.3 Å². The van der Waals surface area contributed by atoms with Crippen LogP contribution in [0.5, 0.6) is 0 Å². The first-order valence-corrected chi connectivity index (χ1v) is 8.27. The lowest BCUT2D eigenvalue weighted by atomic mass is 10.1. The molecule has 3 aromatic heterocycles. The average Bonchev–Trinajstić information content (AvgIpc) is 3.16. The Balaban J connectivity index is 2.16. The number of pyridine rings is 2. The summed E-state index contributed by atoms with van der Waals surface area (Å²) in [6.07, 6.45) is -1.64. The molecule has 3 heterocycles. The molecule has 4 aromatic rings. The zero-order valence-electron chi connectivity index (χ0n) is 14.6. The number of hydrogen-bond donors (Lipinski definition) is 1. The van der Waals surface area contributed by atoms with E-state index < -0.39 is 17.4 Å². The Kier molecular flexibility index (Phi) is 3.95. The lowest BCUT2D eigenvalue weighted by Crippen LogP contribution is -2.27. The van der Waals surface area contributed by atoms with Crippen molar-refractivity contribution in [2.75, 3.05) is 5.73 Å². The molecule has 0 fully saturated rings. The zero-order chi connectivity index (χ0) is 20.1.